The molecule has 34 heavy (non-hydrogen) atoms. The summed E-state index contributed by atoms with van der Waals surface area (Å²) in [5, 5.41) is 5.57. The van der Waals surface area contributed by atoms with Gasteiger partial charge in [0.2, 0.25) is 0 Å². The van der Waals surface area contributed by atoms with E-state index in [-0.39, 0.29) is 11.9 Å². The van der Waals surface area contributed by atoms with E-state index in [9.17, 15) is 18.0 Å². The number of carbonyl (C=O) groups excluding carboxylic acids is 1. The van der Waals surface area contributed by atoms with Crippen LogP contribution in [-0.2, 0) is 12.7 Å². The number of benzene rings is 3. The van der Waals surface area contributed by atoms with Gasteiger partial charge < -0.3 is 5.32 Å². The predicted octanol–water partition coefficient (Wildman–Crippen LogP) is 6.59. The zero-order valence-corrected chi connectivity index (χ0v) is 19.1. The number of alkyl halides is 3. The van der Waals surface area contributed by atoms with Crippen molar-refractivity contribution in [3.63, 3.8) is 0 Å². The van der Waals surface area contributed by atoms with E-state index in [0.717, 1.165) is 43.1 Å². The van der Waals surface area contributed by atoms with Crippen LogP contribution in [0.4, 0.5) is 13.2 Å². The Morgan fingerprint density at radius 2 is 1.74 bits per heavy atom. The zero-order valence-electron chi connectivity index (χ0n) is 18.3. The van der Waals surface area contributed by atoms with Crippen molar-refractivity contribution in [2.75, 3.05) is 13.1 Å². The van der Waals surface area contributed by atoms with E-state index in [1.807, 2.05) is 12.1 Å². The molecule has 3 aromatic carbocycles. The highest BCUT2D eigenvalue weighted by Gasteiger charge is 2.30. The minimum atomic E-state index is -4.36. The third kappa shape index (κ3) is 5.00. The molecule has 0 saturated carbocycles. The molecule has 1 aliphatic heterocycles. The van der Waals surface area contributed by atoms with Gasteiger partial charge in [0.25, 0.3) is 5.91 Å². The lowest BCUT2D eigenvalue weighted by Gasteiger charge is -2.17. The first-order valence-corrected chi connectivity index (χ1v) is 12.0. The van der Waals surface area contributed by atoms with Gasteiger partial charge in [-0.3, -0.25) is 9.69 Å². The molecule has 5 rings (SSSR count). The Labute approximate surface area is 199 Å². The molecule has 3 nitrogen and oxygen atoms in total. The normalized spacial score (nSPS) is 16.7. The summed E-state index contributed by atoms with van der Waals surface area (Å²) >= 11 is 1.29. The molecule has 0 radical (unpaired) electrons. The lowest BCUT2D eigenvalue weighted by molar-refractivity contribution is -0.137. The number of likely N-dealkylation sites (tertiary alicyclic amines) is 1. The summed E-state index contributed by atoms with van der Waals surface area (Å²) in [7, 11) is 0. The van der Waals surface area contributed by atoms with E-state index in [1.165, 1.54) is 39.8 Å². The number of thiophene rings is 1. The molecule has 7 heteroatoms. The smallest absolute Gasteiger partial charge is 0.347 e. The van der Waals surface area contributed by atoms with Crippen molar-refractivity contribution in [1.82, 2.24) is 10.2 Å². The predicted molar refractivity (Wildman–Crippen MR) is 130 cm³/mol. The van der Waals surface area contributed by atoms with Crippen LogP contribution < -0.4 is 5.32 Å². The third-order valence-electron chi connectivity index (χ3n) is 6.15. The van der Waals surface area contributed by atoms with Crippen LogP contribution in [0.2, 0.25) is 0 Å². The molecular formula is C27H23F3N2OS. The van der Waals surface area contributed by atoms with Crippen LogP contribution in [0.1, 0.15) is 27.2 Å². The minimum Gasteiger partial charge on any atom is -0.347 e. The first-order valence-electron chi connectivity index (χ1n) is 11.1. The van der Waals surface area contributed by atoms with E-state index in [0.29, 0.717) is 10.4 Å². The summed E-state index contributed by atoms with van der Waals surface area (Å²) in [6.45, 7) is 2.54. The van der Waals surface area contributed by atoms with Crippen molar-refractivity contribution in [1.29, 1.82) is 0 Å². The fourth-order valence-corrected chi connectivity index (χ4v) is 5.30. The van der Waals surface area contributed by atoms with Crippen LogP contribution in [0.5, 0.6) is 0 Å². The molecule has 0 spiro atoms. The fourth-order valence-electron chi connectivity index (χ4n) is 4.38. The molecule has 1 fully saturated rings. The van der Waals surface area contributed by atoms with Gasteiger partial charge in [-0.05, 0) is 58.7 Å². The second-order valence-corrected chi connectivity index (χ2v) is 9.70. The number of halogens is 3. The van der Waals surface area contributed by atoms with Crippen LogP contribution in [0.15, 0.2) is 78.9 Å². The number of fused-ring (bicyclic) bond motifs is 1. The Bertz CT molecular complexity index is 1310. The maximum atomic E-state index is 12.8. The highest BCUT2D eigenvalue weighted by atomic mass is 32.1. The lowest BCUT2D eigenvalue weighted by atomic mass is 10.1. The Morgan fingerprint density at radius 1 is 0.971 bits per heavy atom. The van der Waals surface area contributed by atoms with Gasteiger partial charge in [0.15, 0.2) is 0 Å². The average molecular weight is 481 g/mol. The molecule has 174 valence electrons. The lowest BCUT2D eigenvalue weighted by Crippen LogP contribution is -2.36. The SMILES string of the molecule is O=C(N[C@@H]1CCN(Cc2ccc3ccccc3c2)C1)c1ccc(-c2ccc(C(F)(F)F)cc2)s1. The molecule has 1 aliphatic rings. The molecule has 1 N–H and O–H groups in total. The molecule has 1 amide bonds. The molecule has 1 aromatic heterocycles. The van der Waals surface area contributed by atoms with Crippen molar-refractivity contribution in [3.8, 4) is 10.4 Å². The molecule has 1 saturated heterocycles. The van der Waals surface area contributed by atoms with E-state index >= 15 is 0 Å². The quantitative estimate of drug-likeness (QED) is 0.349. The third-order valence-corrected chi connectivity index (χ3v) is 7.29. The van der Waals surface area contributed by atoms with Gasteiger partial charge in [-0.2, -0.15) is 13.2 Å². The first-order chi connectivity index (χ1) is 16.3. The monoisotopic (exact) mass is 480 g/mol. The van der Waals surface area contributed by atoms with Crippen LogP contribution in [0.3, 0.4) is 0 Å². The van der Waals surface area contributed by atoms with Crippen LogP contribution in [-0.4, -0.2) is 29.9 Å². The number of nitrogens with zero attached hydrogens (tertiary/aromatic N) is 1. The van der Waals surface area contributed by atoms with E-state index in [1.54, 1.807) is 12.1 Å². The maximum Gasteiger partial charge on any atom is 0.416 e. The van der Waals surface area contributed by atoms with Crippen molar-refractivity contribution >= 4 is 28.0 Å². The van der Waals surface area contributed by atoms with Gasteiger partial charge in [-0.25, -0.2) is 0 Å². The van der Waals surface area contributed by atoms with Crippen molar-refractivity contribution in [2.24, 2.45) is 0 Å². The topological polar surface area (TPSA) is 32.3 Å². The van der Waals surface area contributed by atoms with Crippen LogP contribution in [0, 0.1) is 0 Å². The molecule has 0 aliphatic carbocycles. The number of nitrogens with one attached hydrogen (secondary N) is 1. The summed E-state index contributed by atoms with van der Waals surface area (Å²) in [5.74, 6) is -0.138. The van der Waals surface area contributed by atoms with Gasteiger partial charge in [-0.15, -0.1) is 11.3 Å². The second kappa shape index (κ2) is 9.24. The van der Waals surface area contributed by atoms with E-state index in [4.69, 9.17) is 0 Å². The average Bonchev–Trinajstić information content (AvgIpc) is 3.49. The first kappa shape index (κ1) is 22.6. The Kier molecular flexibility index (Phi) is 6.15. The largest absolute Gasteiger partial charge is 0.416 e. The van der Waals surface area contributed by atoms with Gasteiger partial charge in [0, 0.05) is 30.6 Å². The molecule has 2 heterocycles. The number of carbonyl (C=O) groups is 1. The fraction of sp³-hybridized carbons (Fsp3) is 0.222. The maximum absolute atomic E-state index is 12.8. The minimum absolute atomic E-state index is 0.0737. The van der Waals surface area contributed by atoms with Gasteiger partial charge in [0.05, 0.1) is 10.4 Å². The van der Waals surface area contributed by atoms with E-state index in [2.05, 4.69) is 40.5 Å². The highest BCUT2D eigenvalue weighted by Crippen LogP contribution is 2.33. The number of amides is 1. The summed E-state index contributed by atoms with van der Waals surface area (Å²) in [4.78, 5) is 16.4. The van der Waals surface area contributed by atoms with Gasteiger partial charge in [-0.1, -0.05) is 48.5 Å². The highest BCUT2D eigenvalue weighted by molar-refractivity contribution is 7.17. The Morgan fingerprint density at radius 3 is 2.50 bits per heavy atom. The molecule has 0 unspecified atom stereocenters. The van der Waals surface area contributed by atoms with Gasteiger partial charge >= 0.3 is 6.18 Å². The summed E-state index contributed by atoms with van der Waals surface area (Å²) in [6, 6.07) is 23.4. The van der Waals surface area contributed by atoms with Crippen molar-refractivity contribution in [3.05, 3.63) is 94.9 Å². The number of hydrogen-bond donors (Lipinski definition) is 1. The van der Waals surface area contributed by atoms with Crippen LogP contribution in [0.25, 0.3) is 21.2 Å². The summed E-state index contributed by atoms with van der Waals surface area (Å²) in [5.41, 5.74) is 1.24. The Balaban J connectivity index is 1.18. The number of hydrogen-bond acceptors (Lipinski definition) is 3. The Hall–Kier alpha value is -3.16. The summed E-state index contributed by atoms with van der Waals surface area (Å²) < 4.78 is 38.4. The molecule has 4 aromatic rings. The van der Waals surface area contributed by atoms with Crippen LogP contribution >= 0.6 is 11.3 Å². The van der Waals surface area contributed by atoms with Gasteiger partial charge in [0.1, 0.15) is 0 Å². The molecule has 1 atom stereocenters. The van der Waals surface area contributed by atoms with Crippen molar-refractivity contribution in [2.45, 2.75) is 25.2 Å². The van der Waals surface area contributed by atoms with Crippen molar-refractivity contribution < 1.29 is 18.0 Å². The van der Waals surface area contributed by atoms with E-state index < -0.39 is 11.7 Å². The standard InChI is InChI=1S/C27H23F3N2OS/c28-27(29,30)22-9-7-20(8-10-22)24-11-12-25(34-24)26(33)31-23-13-14-32(17-23)16-18-5-6-19-3-1-2-4-21(19)15-18/h1-12,15,23H,13-14,16-17H2,(H,31,33)/t23-/m1/s1. The zero-order chi connectivity index (χ0) is 23.7. The summed E-state index contributed by atoms with van der Waals surface area (Å²) in [6.07, 6.45) is -3.47. The molecular weight excluding hydrogens is 457 g/mol. The molecule has 0 bridgehead atoms. The second-order valence-electron chi connectivity index (χ2n) is 8.61. The number of rotatable bonds is 5.